The lowest BCUT2D eigenvalue weighted by molar-refractivity contribution is -0.119. The fourth-order valence-corrected chi connectivity index (χ4v) is 3.36. The quantitative estimate of drug-likeness (QED) is 0.272. The van der Waals surface area contributed by atoms with Gasteiger partial charge in [0.25, 0.3) is 5.91 Å². The van der Waals surface area contributed by atoms with E-state index in [4.69, 9.17) is 62.7 Å². The van der Waals surface area contributed by atoms with Crippen molar-refractivity contribution in [2.75, 3.05) is 11.9 Å². The predicted octanol–water partition coefficient (Wildman–Crippen LogP) is 6.30. The third kappa shape index (κ3) is 4.62. The zero-order valence-electron chi connectivity index (χ0n) is 13.7. The molecule has 0 aliphatic heterocycles. The molecule has 0 fully saturated rings. The van der Waals surface area contributed by atoms with Gasteiger partial charge in [0, 0.05) is 5.39 Å². The first-order chi connectivity index (χ1) is 13.3. The Kier molecular flexibility index (Phi) is 6.53. The molecule has 3 aromatic rings. The lowest BCUT2D eigenvalue weighted by Crippen LogP contribution is -2.21. The van der Waals surface area contributed by atoms with Crippen LogP contribution in [0.2, 0.25) is 25.2 Å². The third-order valence-corrected chi connectivity index (χ3v) is 5.39. The Morgan fingerprint density at radius 2 is 1.61 bits per heavy atom. The van der Waals surface area contributed by atoms with Crippen LogP contribution in [0.5, 0.6) is 0 Å². The first-order valence-corrected chi connectivity index (χ1v) is 9.51. The van der Waals surface area contributed by atoms with Gasteiger partial charge in [-0.3, -0.25) is 4.79 Å². The maximum Gasteiger partial charge on any atom is 0.338 e. The first kappa shape index (κ1) is 21.0. The van der Waals surface area contributed by atoms with E-state index >= 15 is 0 Å². The number of benzene rings is 2. The van der Waals surface area contributed by atoms with Crippen LogP contribution in [-0.2, 0) is 9.53 Å². The zero-order chi connectivity index (χ0) is 20.4. The molecular weight excluding hydrogens is 469 g/mol. The van der Waals surface area contributed by atoms with Gasteiger partial charge in [0.15, 0.2) is 6.61 Å². The van der Waals surface area contributed by atoms with Crippen molar-refractivity contribution in [3.05, 3.63) is 67.2 Å². The van der Waals surface area contributed by atoms with Gasteiger partial charge in [-0.1, -0.05) is 58.0 Å². The number of nitrogens with zero attached hydrogens (tertiary/aromatic N) is 1. The standard InChI is InChI=1S/C18H9Cl5N2O3/c19-10-6-11(20)16(23)17(15(10)22)25-14(26)7-28-18(27)9-1-3-12-8(5-9)2-4-13(21)24-12/h1-6H,7H2,(H,25,26). The van der Waals surface area contributed by atoms with Gasteiger partial charge >= 0.3 is 5.97 Å². The monoisotopic (exact) mass is 476 g/mol. The van der Waals surface area contributed by atoms with Crippen LogP contribution in [0.1, 0.15) is 10.4 Å². The zero-order valence-corrected chi connectivity index (χ0v) is 17.5. The number of rotatable bonds is 4. The van der Waals surface area contributed by atoms with Crippen molar-refractivity contribution in [2.24, 2.45) is 0 Å². The molecule has 0 saturated carbocycles. The minimum absolute atomic E-state index is 0.0245. The van der Waals surface area contributed by atoms with E-state index in [0.29, 0.717) is 16.1 Å². The van der Waals surface area contributed by atoms with E-state index in [1.165, 1.54) is 12.1 Å². The van der Waals surface area contributed by atoms with Crippen LogP contribution in [-0.4, -0.2) is 23.5 Å². The van der Waals surface area contributed by atoms with Crippen molar-refractivity contribution in [3.63, 3.8) is 0 Å². The SMILES string of the molecule is O=C(COC(=O)c1ccc2nc(Cl)ccc2c1)Nc1c(Cl)c(Cl)cc(Cl)c1Cl. The molecule has 2 aromatic carbocycles. The lowest BCUT2D eigenvalue weighted by atomic mass is 10.1. The van der Waals surface area contributed by atoms with Gasteiger partial charge in [0.05, 0.1) is 36.9 Å². The molecule has 0 unspecified atom stereocenters. The molecule has 1 N–H and O–H groups in total. The van der Waals surface area contributed by atoms with Crippen molar-refractivity contribution in [1.82, 2.24) is 4.98 Å². The van der Waals surface area contributed by atoms with Gasteiger partial charge in [0.2, 0.25) is 0 Å². The first-order valence-electron chi connectivity index (χ1n) is 7.62. The average molecular weight is 479 g/mol. The molecule has 0 aliphatic rings. The fraction of sp³-hybridized carbons (Fsp3) is 0.0556. The number of ether oxygens (including phenoxy) is 1. The molecule has 0 radical (unpaired) electrons. The molecule has 144 valence electrons. The molecule has 0 spiro atoms. The van der Waals surface area contributed by atoms with E-state index in [-0.39, 0.29) is 31.3 Å². The van der Waals surface area contributed by atoms with Crippen molar-refractivity contribution in [1.29, 1.82) is 0 Å². The summed E-state index contributed by atoms with van der Waals surface area (Å²) in [5.41, 5.74) is 0.922. The highest BCUT2D eigenvalue weighted by atomic mass is 35.5. The van der Waals surface area contributed by atoms with Crippen LogP contribution in [0.4, 0.5) is 5.69 Å². The molecule has 28 heavy (non-hydrogen) atoms. The number of nitrogens with one attached hydrogen (secondary N) is 1. The summed E-state index contributed by atoms with van der Waals surface area (Å²) in [6, 6.07) is 9.42. The Labute approximate surface area is 184 Å². The fourth-order valence-electron chi connectivity index (χ4n) is 2.30. The number of carbonyl (C=O) groups excluding carboxylic acids is 2. The molecule has 0 bridgehead atoms. The van der Waals surface area contributed by atoms with Gasteiger partial charge in [-0.15, -0.1) is 0 Å². The molecule has 1 amide bonds. The minimum Gasteiger partial charge on any atom is -0.452 e. The number of anilines is 1. The molecule has 1 aromatic heterocycles. The summed E-state index contributed by atoms with van der Waals surface area (Å²) in [6.07, 6.45) is 0. The highest BCUT2D eigenvalue weighted by Gasteiger charge is 2.17. The third-order valence-electron chi connectivity index (χ3n) is 3.60. The number of pyridine rings is 1. The van der Waals surface area contributed by atoms with Crippen LogP contribution in [0.15, 0.2) is 36.4 Å². The Bertz CT molecular complexity index is 1080. The smallest absolute Gasteiger partial charge is 0.338 e. The summed E-state index contributed by atoms with van der Waals surface area (Å²) in [4.78, 5) is 28.5. The molecule has 3 rings (SSSR count). The highest BCUT2D eigenvalue weighted by Crippen LogP contribution is 2.40. The second-order valence-electron chi connectivity index (χ2n) is 5.51. The van der Waals surface area contributed by atoms with E-state index < -0.39 is 18.5 Å². The van der Waals surface area contributed by atoms with Crippen LogP contribution in [0.3, 0.4) is 0 Å². The second kappa shape index (κ2) is 8.72. The van der Waals surface area contributed by atoms with Crippen LogP contribution >= 0.6 is 58.0 Å². The van der Waals surface area contributed by atoms with Crippen molar-refractivity contribution >= 4 is 86.5 Å². The topological polar surface area (TPSA) is 68.3 Å². The number of carbonyl (C=O) groups is 2. The van der Waals surface area contributed by atoms with E-state index in [2.05, 4.69) is 10.3 Å². The van der Waals surface area contributed by atoms with Crippen molar-refractivity contribution < 1.29 is 14.3 Å². The summed E-state index contributed by atoms with van der Waals surface area (Å²) in [6.45, 7) is -0.563. The normalized spacial score (nSPS) is 10.8. The van der Waals surface area contributed by atoms with Gasteiger partial charge in [0.1, 0.15) is 5.15 Å². The maximum atomic E-state index is 12.2. The minimum atomic E-state index is -0.687. The number of esters is 1. The number of hydrogen-bond donors (Lipinski definition) is 1. The van der Waals surface area contributed by atoms with E-state index in [9.17, 15) is 9.59 Å². The molecule has 1 heterocycles. The molecule has 10 heteroatoms. The lowest BCUT2D eigenvalue weighted by Gasteiger charge is -2.12. The Hall–Kier alpha value is -1.76. The Morgan fingerprint density at radius 3 is 2.29 bits per heavy atom. The summed E-state index contributed by atoms with van der Waals surface area (Å²) >= 11 is 29.7. The molecule has 0 atom stereocenters. The largest absolute Gasteiger partial charge is 0.452 e. The van der Waals surface area contributed by atoms with Crippen LogP contribution < -0.4 is 5.32 Å². The Morgan fingerprint density at radius 1 is 0.929 bits per heavy atom. The summed E-state index contributed by atoms with van der Waals surface area (Å²) < 4.78 is 5.03. The summed E-state index contributed by atoms with van der Waals surface area (Å²) in [5, 5.41) is 3.77. The average Bonchev–Trinajstić information content (AvgIpc) is 2.67. The van der Waals surface area contributed by atoms with E-state index in [1.807, 2.05) is 0 Å². The van der Waals surface area contributed by atoms with Gasteiger partial charge in [-0.2, -0.15) is 0 Å². The molecule has 0 aliphatic carbocycles. The Balaban J connectivity index is 1.68. The van der Waals surface area contributed by atoms with Gasteiger partial charge in [-0.05, 0) is 36.4 Å². The predicted molar refractivity (Wildman–Crippen MR) is 112 cm³/mol. The number of halogens is 5. The van der Waals surface area contributed by atoms with Crippen LogP contribution in [0.25, 0.3) is 10.9 Å². The van der Waals surface area contributed by atoms with E-state index in [1.54, 1.807) is 24.3 Å². The van der Waals surface area contributed by atoms with Gasteiger partial charge < -0.3 is 10.1 Å². The number of amides is 1. The maximum absolute atomic E-state index is 12.2. The van der Waals surface area contributed by atoms with Crippen molar-refractivity contribution in [2.45, 2.75) is 0 Å². The second-order valence-corrected chi connectivity index (χ2v) is 7.47. The molecule has 0 saturated heterocycles. The van der Waals surface area contributed by atoms with E-state index in [0.717, 1.165) is 0 Å². The number of fused-ring (bicyclic) bond motifs is 1. The molecular formula is C18H9Cl5N2O3. The summed E-state index contributed by atoms with van der Waals surface area (Å²) in [5.74, 6) is -1.35. The number of hydrogen-bond acceptors (Lipinski definition) is 4. The summed E-state index contributed by atoms with van der Waals surface area (Å²) in [7, 11) is 0. The highest BCUT2D eigenvalue weighted by molar-refractivity contribution is 6.50. The number of aromatic nitrogens is 1. The molecule has 5 nitrogen and oxygen atoms in total. The van der Waals surface area contributed by atoms with Gasteiger partial charge in [-0.25, -0.2) is 9.78 Å². The van der Waals surface area contributed by atoms with Crippen LogP contribution in [0, 0.1) is 0 Å². The van der Waals surface area contributed by atoms with Crippen molar-refractivity contribution in [3.8, 4) is 0 Å².